The van der Waals surface area contributed by atoms with Gasteiger partial charge >= 0.3 is 0 Å². The van der Waals surface area contributed by atoms with Crippen molar-refractivity contribution >= 4 is 15.9 Å². The van der Waals surface area contributed by atoms with Crippen molar-refractivity contribution in [2.24, 2.45) is 5.92 Å². The minimum atomic E-state index is -0.985. The first kappa shape index (κ1) is 13.9. The summed E-state index contributed by atoms with van der Waals surface area (Å²) in [4.78, 5) is 0. The molecule has 1 N–H and O–H groups in total. The van der Waals surface area contributed by atoms with E-state index in [1.54, 1.807) is 0 Å². The van der Waals surface area contributed by atoms with Crippen LogP contribution in [0, 0.1) is 17.6 Å². The number of aliphatic hydroxyl groups is 1. The largest absolute Gasteiger partial charge is 0.389 e. The second-order valence-corrected chi connectivity index (χ2v) is 6.10. The average Bonchev–Trinajstić information content (AvgIpc) is 2.34. The zero-order chi connectivity index (χ0) is 13.3. The first-order chi connectivity index (χ1) is 8.44. The fourth-order valence-corrected chi connectivity index (χ4v) is 3.07. The van der Waals surface area contributed by atoms with Crippen molar-refractivity contribution in [1.82, 2.24) is 0 Å². The number of rotatable bonds is 2. The lowest BCUT2D eigenvalue weighted by Gasteiger charge is -2.38. The lowest BCUT2D eigenvalue weighted by Crippen LogP contribution is -2.41. The molecule has 2 rings (SSSR count). The lowest BCUT2D eigenvalue weighted by molar-refractivity contribution is -0.0417. The number of halogens is 3. The van der Waals surface area contributed by atoms with Crippen molar-refractivity contribution in [1.29, 1.82) is 0 Å². The molecule has 4 heteroatoms. The maximum absolute atomic E-state index is 13.9. The van der Waals surface area contributed by atoms with Gasteiger partial charge in [0.1, 0.15) is 11.6 Å². The Kier molecular flexibility index (Phi) is 4.07. The Morgan fingerprint density at radius 3 is 2.78 bits per heavy atom. The molecule has 1 aromatic carbocycles. The molecular weight excluding hydrogens is 302 g/mol. The van der Waals surface area contributed by atoms with Crippen LogP contribution in [-0.4, -0.2) is 10.7 Å². The fraction of sp³-hybridized carbons (Fsp3) is 0.571. The zero-order valence-electron chi connectivity index (χ0n) is 10.3. The highest BCUT2D eigenvalue weighted by Gasteiger charge is 2.37. The van der Waals surface area contributed by atoms with Crippen LogP contribution in [0.2, 0.25) is 0 Å². The van der Waals surface area contributed by atoms with E-state index in [0.717, 1.165) is 19.3 Å². The summed E-state index contributed by atoms with van der Waals surface area (Å²) in [6.07, 6.45) is 3.56. The third kappa shape index (κ3) is 2.59. The molecule has 1 fully saturated rings. The Balaban J connectivity index is 2.31. The van der Waals surface area contributed by atoms with Gasteiger partial charge in [0, 0.05) is 12.0 Å². The highest BCUT2D eigenvalue weighted by atomic mass is 79.9. The summed E-state index contributed by atoms with van der Waals surface area (Å²) >= 11 is 3.05. The predicted octanol–water partition coefficient (Wildman–Crippen LogP) is 4.21. The van der Waals surface area contributed by atoms with E-state index < -0.39 is 17.2 Å². The maximum Gasteiger partial charge on any atom is 0.143 e. The van der Waals surface area contributed by atoms with Crippen molar-refractivity contribution in [3.8, 4) is 0 Å². The standard InChI is InChI=1S/C14H17BrF2O/c1-9-4-2-3-7-14(9,18)8-10-12(16)6-5-11(15)13(10)17/h5-6,9,18H,2-4,7-8H2,1H3. The molecule has 1 nitrogen and oxygen atoms in total. The molecule has 1 aliphatic carbocycles. The molecule has 0 spiro atoms. The molecule has 100 valence electrons. The number of hydrogen-bond acceptors (Lipinski definition) is 1. The number of hydrogen-bond donors (Lipinski definition) is 1. The van der Waals surface area contributed by atoms with Crippen molar-refractivity contribution in [3.63, 3.8) is 0 Å². The second-order valence-electron chi connectivity index (χ2n) is 5.25. The maximum atomic E-state index is 13.9. The Morgan fingerprint density at radius 1 is 1.39 bits per heavy atom. The molecule has 0 saturated heterocycles. The second kappa shape index (κ2) is 5.25. The average molecular weight is 319 g/mol. The molecule has 0 aliphatic heterocycles. The van der Waals surface area contributed by atoms with E-state index in [9.17, 15) is 13.9 Å². The van der Waals surface area contributed by atoms with Gasteiger partial charge in [0.25, 0.3) is 0 Å². The van der Waals surface area contributed by atoms with Crippen molar-refractivity contribution in [2.75, 3.05) is 0 Å². The van der Waals surface area contributed by atoms with Crippen molar-refractivity contribution in [2.45, 2.75) is 44.6 Å². The Hall–Kier alpha value is -0.480. The molecule has 1 saturated carbocycles. The van der Waals surface area contributed by atoms with Crippen LogP contribution < -0.4 is 0 Å². The molecule has 2 atom stereocenters. The predicted molar refractivity (Wildman–Crippen MR) is 70.3 cm³/mol. The molecule has 0 heterocycles. The molecule has 0 bridgehead atoms. The molecular formula is C14H17BrF2O. The lowest BCUT2D eigenvalue weighted by atomic mass is 9.73. The van der Waals surface area contributed by atoms with E-state index >= 15 is 0 Å². The smallest absolute Gasteiger partial charge is 0.143 e. The Labute approximate surface area is 114 Å². The third-order valence-electron chi connectivity index (χ3n) is 4.04. The van der Waals surface area contributed by atoms with Crippen LogP contribution in [0.25, 0.3) is 0 Å². The minimum absolute atomic E-state index is 0.0133. The van der Waals surface area contributed by atoms with Gasteiger partial charge in [-0.25, -0.2) is 8.78 Å². The summed E-state index contributed by atoms with van der Waals surface area (Å²) in [7, 11) is 0. The Morgan fingerprint density at radius 2 is 2.11 bits per heavy atom. The van der Waals surface area contributed by atoms with Gasteiger partial charge in [-0.3, -0.25) is 0 Å². The van der Waals surface area contributed by atoms with Crippen LogP contribution in [0.4, 0.5) is 8.78 Å². The SMILES string of the molecule is CC1CCCCC1(O)Cc1c(F)ccc(Br)c1F. The van der Waals surface area contributed by atoms with E-state index in [4.69, 9.17) is 0 Å². The van der Waals surface area contributed by atoms with E-state index in [0.29, 0.717) is 6.42 Å². The van der Waals surface area contributed by atoms with E-state index in [1.165, 1.54) is 12.1 Å². The first-order valence-electron chi connectivity index (χ1n) is 6.29. The summed E-state index contributed by atoms with van der Waals surface area (Å²) in [6, 6.07) is 2.59. The van der Waals surface area contributed by atoms with Gasteiger partial charge in [-0.2, -0.15) is 0 Å². The van der Waals surface area contributed by atoms with Gasteiger partial charge in [-0.05, 0) is 46.8 Å². The van der Waals surface area contributed by atoms with E-state index in [-0.39, 0.29) is 22.4 Å². The van der Waals surface area contributed by atoms with Crippen molar-refractivity contribution in [3.05, 3.63) is 33.8 Å². The van der Waals surface area contributed by atoms with Gasteiger partial charge in [0.05, 0.1) is 10.1 Å². The molecule has 0 aromatic heterocycles. The van der Waals surface area contributed by atoms with Gasteiger partial charge < -0.3 is 5.11 Å². The van der Waals surface area contributed by atoms with E-state index in [2.05, 4.69) is 15.9 Å². The van der Waals surface area contributed by atoms with Crippen molar-refractivity contribution < 1.29 is 13.9 Å². The topological polar surface area (TPSA) is 20.2 Å². The first-order valence-corrected chi connectivity index (χ1v) is 7.08. The van der Waals surface area contributed by atoms with E-state index in [1.807, 2.05) is 6.92 Å². The summed E-state index contributed by atoms with van der Waals surface area (Å²) in [5, 5.41) is 10.6. The molecule has 1 aromatic rings. The highest BCUT2D eigenvalue weighted by molar-refractivity contribution is 9.10. The summed E-state index contributed by atoms with van der Waals surface area (Å²) in [5.41, 5.74) is -0.999. The monoisotopic (exact) mass is 318 g/mol. The minimum Gasteiger partial charge on any atom is -0.389 e. The normalized spacial score (nSPS) is 28.4. The molecule has 0 radical (unpaired) electrons. The molecule has 2 unspecified atom stereocenters. The highest BCUT2D eigenvalue weighted by Crippen LogP contribution is 2.37. The van der Waals surface area contributed by atoms with Crippen LogP contribution in [0.5, 0.6) is 0 Å². The quantitative estimate of drug-likeness (QED) is 0.810. The fourth-order valence-electron chi connectivity index (χ4n) is 2.70. The van der Waals surface area contributed by atoms with Gasteiger partial charge in [0.2, 0.25) is 0 Å². The van der Waals surface area contributed by atoms with Crippen LogP contribution in [0.3, 0.4) is 0 Å². The van der Waals surface area contributed by atoms with Crippen LogP contribution >= 0.6 is 15.9 Å². The molecule has 1 aliphatic rings. The summed E-state index contributed by atoms with van der Waals surface area (Å²) in [5.74, 6) is -1.10. The van der Waals surface area contributed by atoms with Crippen LogP contribution in [0.1, 0.15) is 38.2 Å². The summed E-state index contributed by atoms with van der Waals surface area (Å²) in [6.45, 7) is 1.95. The van der Waals surface area contributed by atoms with Gasteiger partial charge in [0.15, 0.2) is 0 Å². The van der Waals surface area contributed by atoms with Crippen LogP contribution in [0.15, 0.2) is 16.6 Å². The number of benzene rings is 1. The van der Waals surface area contributed by atoms with Gasteiger partial charge in [-0.1, -0.05) is 19.8 Å². The Bertz CT molecular complexity index is 450. The molecule has 18 heavy (non-hydrogen) atoms. The summed E-state index contributed by atoms with van der Waals surface area (Å²) < 4.78 is 27.9. The van der Waals surface area contributed by atoms with Gasteiger partial charge in [-0.15, -0.1) is 0 Å². The van der Waals surface area contributed by atoms with Crippen LogP contribution in [-0.2, 0) is 6.42 Å². The zero-order valence-corrected chi connectivity index (χ0v) is 11.9. The third-order valence-corrected chi connectivity index (χ3v) is 4.65. The molecule has 0 amide bonds.